The molecule has 0 aromatic rings. The van der Waals surface area contributed by atoms with Crippen LogP contribution in [-0.2, 0) is 9.59 Å². The van der Waals surface area contributed by atoms with E-state index in [2.05, 4.69) is 24.1 Å². The fraction of sp³-hybridized carbons (Fsp3) is 0.857. The fourth-order valence-corrected chi connectivity index (χ4v) is 1.87. The molecule has 5 heteroatoms. The number of likely N-dealkylation sites (N-methyl/N-ethyl adjacent to an activating group) is 1. The number of rotatable bonds is 9. The van der Waals surface area contributed by atoms with Crippen molar-refractivity contribution in [1.82, 2.24) is 10.2 Å². The molecule has 19 heavy (non-hydrogen) atoms. The number of hydrogen-bond acceptors (Lipinski definition) is 3. The number of amides is 1. The third-order valence-corrected chi connectivity index (χ3v) is 3.40. The molecule has 0 saturated heterocycles. The summed E-state index contributed by atoms with van der Waals surface area (Å²) in [4.78, 5) is 24.6. The van der Waals surface area contributed by atoms with Crippen molar-refractivity contribution >= 4 is 11.9 Å². The van der Waals surface area contributed by atoms with Gasteiger partial charge in [0.1, 0.15) is 0 Å². The van der Waals surface area contributed by atoms with E-state index >= 15 is 0 Å². The summed E-state index contributed by atoms with van der Waals surface area (Å²) in [6, 6.07) is 0.500. The summed E-state index contributed by atoms with van der Waals surface area (Å²) < 4.78 is 0. The molecule has 0 aliphatic heterocycles. The van der Waals surface area contributed by atoms with Gasteiger partial charge in [0.15, 0.2) is 0 Å². The van der Waals surface area contributed by atoms with Crippen molar-refractivity contribution in [3.63, 3.8) is 0 Å². The Morgan fingerprint density at radius 2 is 1.89 bits per heavy atom. The molecule has 0 bridgehead atoms. The molecule has 1 atom stereocenters. The molecule has 112 valence electrons. The summed E-state index contributed by atoms with van der Waals surface area (Å²) in [5.74, 6) is -0.946. The third-order valence-electron chi connectivity index (χ3n) is 3.40. The highest BCUT2D eigenvalue weighted by molar-refractivity contribution is 5.77. The number of carbonyl (C=O) groups excluding carboxylic acids is 1. The molecule has 0 rings (SSSR count). The molecule has 0 aliphatic carbocycles. The molecule has 0 heterocycles. The fourth-order valence-electron chi connectivity index (χ4n) is 1.87. The van der Waals surface area contributed by atoms with Crippen LogP contribution < -0.4 is 5.32 Å². The maximum absolute atomic E-state index is 11.7. The lowest BCUT2D eigenvalue weighted by atomic mass is 9.85. The summed E-state index contributed by atoms with van der Waals surface area (Å²) in [6.45, 7) is 9.28. The highest BCUT2D eigenvalue weighted by atomic mass is 16.4. The molecule has 0 fully saturated rings. The van der Waals surface area contributed by atoms with Crippen LogP contribution in [0, 0.1) is 5.41 Å². The second-order valence-electron chi connectivity index (χ2n) is 6.00. The molecule has 1 amide bonds. The van der Waals surface area contributed by atoms with Gasteiger partial charge in [-0.05, 0) is 25.8 Å². The molecule has 0 aromatic heterocycles. The zero-order chi connectivity index (χ0) is 15.1. The minimum atomic E-state index is -0.866. The van der Waals surface area contributed by atoms with Crippen LogP contribution >= 0.6 is 0 Å². The largest absolute Gasteiger partial charge is 0.481 e. The maximum atomic E-state index is 11.7. The lowest BCUT2D eigenvalue weighted by Gasteiger charge is -2.24. The molecule has 0 aliphatic rings. The van der Waals surface area contributed by atoms with Gasteiger partial charge < -0.3 is 15.3 Å². The molecule has 0 spiro atoms. The number of hydrogen-bond donors (Lipinski definition) is 2. The molecule has 0 radical (unpaired) electrons. The van der Waals surface area contributed by atoms with Crippen LogP contribution in [0.25, 0.3) is 0 Å². The van der Waals surface area contributed by atoms with Crippen LogP contribution in [-0.4, -0.2) is 48.1 Å². The van der Waals surface area contributed by atoms with E-state index < -0.39 is 11.4 Å². The van der Waals surface area contributed by atoms with E-state index in [0.29, 0.717) is 12.6 Å². The Bertz CT molecular complexity index is 303. The van der Waals surface area contributed by atoms with Gasteiger partial charge in [-0.2, -0.15) is 0 Å². The van der Waals surface area contributed by atoms with Crippen LogP contribution in [0.5, 0.6) is 0 Å². The minimum absolute atomic E-state index is 0.00713. The number of nitrogens with one attached hydrogen (secondary N) is 1. The van der Waals surface area contributed by atoms with Gasteiger partial charge in [-0.25, -0.2) is 0 Å². The number of carbonyl (C=O) groups is 2. The zero-order valence-corrected chi connectivity index (χ0v) is 12.8. The normalized spacial score (nSPS) is 13.4. The number of carboxylic acids is 1. The van der Waals surface area contributed by atoms with Gasteiger partial charge in [0.05, 0.1) is 6.42 Å². The monoisotopic (exact) mass is 272 g/mol. The summed E-state index contributed by atoms with van der Waals surface area (Å²) in [5.41, 5.74) is -0.501. The Morgan fingerprint density at radius 3 is 2.37 bits per heavy atom. The Morgan fingerprint density at radius 1 is 1.32 bits per heavy atom. The molecular weight excluding hydrogens is 244 g/mol. The number of nitrogens with zero attached hydrogens (tertiary/aromatic N) is 1. The number of aliphatic carboxylic acids is 1. The van der Waals surface area contributed by atoms with Gasteiger partial charge >= 0.3 is 5.97 Å². The van der Waals surface area contributed by atoms with E-state index in [9.17, 15) is 9.59 Å². The van der Waals surface area contributed by atoms with E-state index in [4.69, 9.17) is 5.11 Å². The van der Waals surface area contributed by atoms with Crippen LogP contribution in [0.15, 0.2) is 0 Å². The van der Waals surface area contributed by atoms with Crippen LogP contribution in [0.2, 0.25) is 0 Å². The van der Waals surface area contributed by atoms with E-state index in [-0.39, 0.29) is 18.7 Å². The van der Waals surface area contributed by atoms with Gasteiger partial charge in [0.25, 0.3) is 0 Å². The number of carboxylic acid groups (broad SMARTS) is 1. The third kappa shape index (κ3) is 8.59. The minimum Gasteiger partial charge on any atom is -0.481 e. The average molecular weight is 272 g/mol. The Balaban J connectivity index is 3.96. The Hall–Kier alpha value is -1.10. The second-order valence-corrected chi connectivity index (χ2v) is 6.00. The van der Waals surface area contributed by atoms with Crippen molar-refractivity contribution in [2.75, 3.05) is 20.1 Å². The van der Waals surface area contributed by atoms with Gasteiger partial charge in [-0.15, -0.1) is 0 Å². The highest BCUT2D eigenvalue weighted by Crippen LogP contribution is 2.24. The lowest BCUT2D eigenvalue weighted by Crippen LogP contribution is -2.38. The molecule has 1 unspecified atom stereocenters. The van der Waals surface area contributed by atoms with Gasteiger partial charge in [-0.3, -0.25) is 9.59 Å². The van der Waals surface area contributed by atoms with Crippen LogP contribution in [0.1, 0.15) is 47.0 Å². The van der Waals surface area contributed by atoms with Crippen LogP contribution in [0.4, 0.5) is 0 Å². The Kier molecular flexibility index (Phi) is 7.68. The second kappa shape index (κ2) is 8.15. The first kappa shape index (κ1) is 17.9. The van der Waals surface area contributed by atoms with Gasteiger partial charge in [0.2, 0.25) is 5.91 Å². The predicted octanol–water partition coefficient (Wildman–Crippen LogP) is 1.72. The first-order chi connectivity index (χ1) is 8.68. The lowest BCUT2D eigenvalue weighted by molar-refractivity contribution is -0.139. The van der Waals surface area contributed by atoms with E-state index in [1.807, 2.05) is 7.05 Å². The van der Waals surface area contributed by atoms with E-state index in [1.54, 1.807) is 13.8 Å². The van der Waals surface area contributed by atoms with Crippen molar-refractivity contribution in [3.05, 3.63) is 0 Å². The SMILES string of the molecule is CCC(C)N(C)CCNC(=O)CC(C)(C)CC(=O)O. The summed E-state index contributed by atoms with van der Waals surface area (Å²) in [6.07, 6.45) is 1.33. The quantitative estimate of drug-likeness (QED) is 0.670. The average Bonchev–Trinajstić information content (AvgIpc) is 2.24. The summed E-state index contributed by atoms with van der Waals surface area (Å²) in [5, 5.41) is 11.6. The standard InChI is InChI=1S/C14H28N2O3/c1-6-11(2)16(5)8-7-15-12(17)9-14(3,4)10-13(18)19/h11H,6-10H2,1-5H3,(H,15,17)(H,18,19). The molecule has 5 nitrogen and oxygen atoms in total. The summed E-state index contributed by atoms with van der Waals surface area (Å²) >= 11 is 0. The van der Waals surface area contributed by atoms with Crippen molar-refractivity contribution in [2.45, 2.75) is 53.0 Å². The highest BCUT2D eigenvalue weighted by Gasteiger charge is 2.25. The molecule has 0 aromatic carbocycles. The zero-order valence-electron chi connectivity index (χ0n) is 12.8. The van der Waals surface area contributed by atoms with E-state index in [0.717, 1.165) is 13.0 Å². The van der Waals surface area contributed by atoms with Gasteiger partial charge in [-0.1, -0.05) is 20.8 Å². The maximum Gasteiger partial charge on any atom is 0.303 e. The van der Waals surface area contributed by atoms with E-state index in [1.165, 1.54) is 0 Å². The first-order valence-corrected chi connectivity index (χ1v) is 6.86. The first-order valence-electron chi connectivity index (χ1n) is 6.86. The predicted molar refractivity (Wildman–Crippen MR) is 76.0 cm³/mol. The Labute approximate surface area is 116 Å². The van der Waals surface area contributed by atoms with Crippen molar-refractivity contribution in [1.29, 1.82) is 0 Å². The van der Waals surface area contributed by atoms with Crippen molar-refractivity contribution in [3.8, 4) is 0 Å². The van der Waals surface area contributed by atoms with Crippen molar-refractivity contribution < 1.29 is 14.7 Å². The van der Waals surface area contributed by atoms with Gasteiger partial charge in [0, 0.05) is 25.6 Å². The topological polar surface area (TPSA) is 69.6 Å². The smallest absolute Gasteiger partial charge is 0.303 e. The molecular formula is C14H28N2O3. The molecule has 2 N–H and O–H groups in total. The van der Waals surface area contributed by atoms with Crippen molar-refractivity contribution in [2.24, 2.45) is 5.41 Å². The summed E-state index contributed by atoms with van der Waals surface area (Å²) in [7, 11) is 2.04. The molecule has 0 saturated carbocycles. The van der Waals surface area contributed by atoms with Crippen LogP contribution in [0.3, 0.4) is 0 Å².